The van der Waals surface area contributed by atoms with Crippen LogP contribution in [-0.2, 0) is 6.42 Å². The van der Waals surface area contributed by atoms with Gasteiger partial charge in [-0.15, -0.1) is 0 Å². The fourth-order valence-electron chi connectivity index (χ4n) is 1.89. The van der Waals surface area contributed by atoms with Crippen molar-refractivity contribution in [2.75, 3.05) is 26.8 Å². The number of hydrogen-bond donors (Lipinski definition) is 1. The van der Waals surface area contributed by atoms with Crippen LogP contribution in [0.5, 0.6) is 11.5 Å². The topological polar surface area (TPSA) is 38.8 Å². The lowest BCUT2D eigenvalue weighted by Crippen LogP contribution is -2.24. The summed E-state index contributed by atoms with van der Waals surface area (Å²) >= 11 is 3.79. The standard InChI is InChI=1S/C13H17NO3S/c1-9-7-11-12(17-6-5-16-11)8-10(9)3-4-14(2)13(15)18/h7-8H,3-6H2,1-2H3,(H,15,18). The highest BCUT2D eigenvalue weighted by atomic mass is 32.1. The quantitative estimate of drug-likeness (QED) is 0.854. The van der Waals surface area contributed by atoms with E-state index >= 15 is 0 Å². The Morgan fingerprint density at radius 2 is 1.94 bits per heavy atom. The first kappa shape index (κ1) is 13.1. The molecular formula is C13H17NO3S. The van der Waals surface area contributed by atoms with E-state index in [2.05, 4.69) is 12.6 Å². The summed E-state index contributed by atoms with van der Waals surface area (Å²) in [6, 6.07) is 3.99. The van der Waals surface area contributed by atoms with Crippen LogP contribution in [0.25, 0.3) is 0 Å². The molecule has 1 heterocycles. The van der Waals surface area contributed by atoms with Gasteiger partial charge < -0.3 is 14.4 Å². The normalized spacial score (nSPS) is 13.3. The fraction of sp³-hybridized carbons (Fsp3) is 0.462. The van der Waals surface area contributed by atoms with E-state index < -0.39 is 0 Å². The van der Waals surface area contributed by atoms with Crippen LogP contribution in [0.3, 0.4) is 0 Å². The maximum absolute atomic E-state index is 11.0. The number of rotatable bonds is 3. The van der Waals surface area contributed by atoms with E-state index in [-0.39, 0.29) is 5.24 Å². The van der Waals surface area contributed by atoms with Crippen molar-refractivity contribution in [1.82, 2.24) is 4.90 Å². The van der Waals surface area contributed by atoms with Crippen LogP contribution >= 0.6 is 12.6 Å². The number of nitrogens with zero attached hydrogens (tertiary/aromatic N) is 1. The number of ether oxygens (including phenoxy) is 2. The molecule has 1 amide bonds. The first-order valence-corrected chi connectivity index (χ1v) is 6.36. The third-order valence-corrected chi connectivity index (χ3v) is 3.39. The number of carbonyl (C=O) groups is 1. The fourth-order valence-corrected chi connectivity index (χ4v) is 1.99. The van der Waals surface area contributed by atoms with Crippen LogP contribution in [0.1, 0.15) is 11.1 Å². The van der Waals surface area contributed by atoms with Gasteiger partial charge in [0, 0.05) is 13.6 Å². The molecule has 1 aromatic rings. The van der Waals surface area contributed by atoms with Crippen LogP contribution in [0.15, 0.2) is 12.1 Å². The van der Waals surface area contributed by atoms with E-state index in [4.69, 9.17) is 9.47 Å². The van der Waals surface area contributed by atoms with Gasteiger partial charge in [0.25, 0.3) is 5.24 Å². The average Bonchev–Trinajstić information content (AvgIpc) is 2.35. The highest BCUT2D eigenvalue weighted by Crippen LogP contribution is 2.33. The number of benzene rings is 1. The van der Waals surface area contributed by atoms with Gasteiger partial charge in [-0.3, -0.25) is 4.79 Å². The molecule has 4 nitrogen and oxygen atoms in total. The molecule has 2 rings (SSSR count). The van der Waals surface area contributed by atoms with E-state index in [1.807, 2.05) is 19.1 Å². The largest absolute Gasteiger partial charge is 0.486 e. The molecule has 18 heavy (non-hydrogen) atoms. The third kappa shape index (κ3) is 2.90. The Hall–Kier alpha value is -1.36. The van der Waals surface area contributed by atoms with Gasteiger partial charge in [-0.1, -0.05) is 12.6 Å². The Labute approximate surface area is 112 Å². The van der Waals surface area contributed by atoms with Crippen molar-refractivity contribution in [1.29, 1.82) is 0 Å². The summed E-state index contributed by atoms with van der Waals surface area (Å²) in [5.41, 5.74) is 2.32. The number of amides is 1. The molecule has 0 spiro atoms. The molecule has 1 aliphatic rings. The summed E-state index contributed by atoms with van der Waals surface area (Å²) in [4.78, 5) is 12.6. The zero-order chi connectivity index (χ0) is 13.1. The second kappa shape index (κ2) is 5.52. The van der Waals surface area contributed by atoms with Crippen LogP contribution in [-0.4, -0.2) is 36.9 Å². The van der Waals surface area contributed by atoms with E-state index in [9.17, 15) is 4.79 Å². The predicted molar refractivity (Wildman–Crippen MR) is 72.9 cm³/mol. The van der Waals surface area contributed by atoms with Crippen molar-refractivity contribution in [2.45, 2.75) is 13.3 Å². The number of likely N-dealkylation sites (N-methyl/N-ethyl adjacent to an activating group) is 1. The minimum Gasteiger partial charge on any atom is -0.486 e. The molecule has 5 heteroatoms. The molecule has 0 saturated heterocycles. The second-order valence-corrected chi connectivity index (χ2v) is 4.76. The molecule has 0 N–H and O–H groups in total. The van der Waals surface area contributed by atoms with Crippen LogP contribution < -0.4 is 9.47 Å². The molecule has 0 radical (unpaired) electrons. The Kier molecular flexibility index (Phi) is 4.01. The smallest absolute Gasteiger partial charge is 0.278 e. The first-order valence-electron chi connectivity index (χ1n) is 5.91. The molecule has 98 valence electrons. The molecule has 0 fully saturated rings. The maximum atomic E-state index is 11.0. The molecule has 1 aromatic carbocycles. The van der Waals surface area contributed by atoms with Gasteiger partial charge in [-0.2, -0.15) is 0 Å². The summed E-state index contributed by atoms with van der Waals surface area (Å²) in [6.07, 6.45) is 0.783. The van der Waals surface area contributed by atoms with Crippen molar-refractivity contribution in [3.05, 3.63) is 23.3 Å². The van der Waals surface area contributed by atoms with Crippen molar-refractivity contribution < 1.29 is 14.3 Å². The average molecular weight is 267 g/mol. The zero-order valence-corrected chi connectivity index (χ0v) is 11.5. The Morgan fingerprint density at radius 3 is 2.56 bits per heavy atom. The number of fused-ring (bicyclic) bond motifs is 1. The van der Waals surface area contributed by atoms with Gasteiger partial charge in [0.2, 0.25) is 0 Å². The zero-order valence-electron chi connectivity index (χ0n) is 10.6. The number of carbonyl (C=O) groups excluding carboxylic acids is 1. The van der Waals surface area contributed by atoms with Gasteiger partial charge >= 0.3 is 0 Å². The van der Waals surface area contributed by atoms with Gasteiger partial charge in [-0.05, 0) is 36.6 Å². The molecule has 0 bridgehead atoms. The molecule has 0 atom stereocenters. The molecule has 1 aliphatic heterocycles. The van der Waals surface area contributed by atoms with Crippen molar-refractivity contribution in [3.63, 3.8) is 0 Å². The molecule has 0 aliphatic carbocycles. The highest BCUT2D eigenvalue weighted by molar-refractivity contribution is 7.96. The monoisotopic (exact) mass is 267 g/mol. The highest BCUT2D eigenvalue weighted by Gasteiger charge is 2.14. The van der Waals surface area contributed by atoms with E-state index in [0.29, 0.717) is 19.8 Å². The third-order valence-electron chi connectivity index (χ3n) is 3.04. The Balaban J connectivity index is 2.11. The SMILES string of the molecule is Cc1cc2c(cc1CCN(C)C(=O)S)OCCO2. The van der Waals surface area contributed by atoms with Gasteiger partial charge in [0.05, 0.1) is 0 Å². The molecule has 0 aromatic heterocycles. The van der Waals surface area contributed by atoms with Crippen molar-refractivity contribution in [3.8, 4) is 11.5 Å². The second-order valence-electron chi connectivity index (χ2n) is 4.38. The lowest BCUT2D eigenvalue weighted by atomic mass is 10.0. The van der Waals surface area contributed by atoms with Gasteiger partial charge in [-0.25, -0.2) is 0 Å². The minimum atomic E-state index is -0.217. The summed E-state index contributed by atoms with van der Waals surface area (Å²) in [7, 11) is 1.74. The van der Waals surface area contributed by atoms with E-state index in [1.165, 1.54) is 5.56 Å². The molecule has 0 unspecified atom stereocenters. The van der Waals surface area contributed by atoms with Gasteiger partial charge in [0.15, 0.2) is 11.5 Å². The lowest BCUT2D eigenvalue weighted by molar-refractivity contribution is 0.171. The number of hydrogen-bond acceptors (Lipinski definition) is 3. The lowest BCUT2D eigenvalue weighted by Gasteiger charge is -2.21. The van der Waals surface area contributed by atoms with Crippen molar-refractivity contribution >= 4 is 17.9 Å². The van der Waals surface area contributed by atoms with Crippen LogP contribution in [0.4, 0.5) is 4.79 Å². The molecule has 0 saturated carbocycles. The molecular weight excluding hydrogens is 250 g/mol. The Bertz CT molecular complexity index is 462. The predicted octanol–water partition coefficient (Wildman–Crippen LogP) is 2.29. The summed E-state index contributed by atoms with van der Waals surface area (Å²) in [6.45, 7) is 3.87. The number of thiol groups is 1. The van der Waals surface area contributed by atoms with E-state index in [0.717, 1.165) is 23.5 Å². The number of aryl methyl sites for hydroxylation is 1. The summed E-state index contributed by atoms with van der Waals surface area (Å²) in [5, 5.41) is -0.217. The van der Waals surface area contributed by atoms with E-state index in [1.54, 1.807) is 11.9 Å². The van der Waals surface area contributed by atoms with Crippen molar-refractivity contribution in [2.24, 2.45) is 0 Å². The van der Waals surface area contributed by atoms with Gasteiger partial charge in [0.1, 0.15) is 13.2 Å². The van der Waals surface area contributed by atoms with Crippen LogP contribution in [0, 0.1) is 6.92 Å². The first-order chi connectivity index (χ1) is 8.58. The van der Waals surface area contributed by atoms with Crippen LogP contribution in [0.2, 0.25) is 0 Å². The Morgan fingerprint density at radius 1 is 1.33 bits per heavy atom. The summed E-state index contributed by atoms with van der Waals surface area (Å²) in [5.74, 6) is 1.60. The minimum absolute atomic E-state index is 0.217. The summed E-state index contributed by atoms with van der Waals surface area (Å²) < 4.78 is 11.1. The maximum Gasteiger partial charge on any atom is 0.278 e.